The van der Waals surface area contributed by atoms with Crippen LogP contribution in [0.25, 0.3) is 0 Å². The summed E-state index contributed by atoms with van der Waals surface area (Å²) in [5.41, 5.74) is 2.84. The van der Waals surface area contributed by atoms with E-state index < -0.39 is 12.7 Å². The SMILES string of the molecule is COc1cccc(OC)c1C1CN(C)CC(=O)N1Cc1ccc(OC(F)(F)F)cc1.COc1cccc(OC)c1C1CNCC(=O)N1Cc1ccc(OC(F)(F)F)cc1. The molecule has 1 N–H and O–H groups in total. The maximum Gasteiger partial charge on any atom is 0.573 e. The third-order valence-corrected chi connectivity index (χ3v) is 9.51. The molecular weight excluding hydrogens is 790 g/mol. The minimum Gasteiger partial charge on any atom is -0.496 e. The predicted molar refractivity (Wildman–Crippen MR) is 202 cm³/mol. The molecule has 0 aliphatic carbocycles. The average molecular weight is 835 g/mol. The Morgan fingerprint density at radius 3 is 1.37 bits per heavy atom. The van der Waals surface area contributed by atoms with Crippen LogP contribution in [-0.2, 0) is 22.7 Å². The van der Waals surface area contributed by atoms with E-state index in [2.05, 4.69) is 14.8 Å². The summed E-state index contributed by atoms with van der Waals surface area (Å²) in [6.45, 7) is 1.89. The van der Waals surface area contributed by atoms with Crippen LogP contribution in [-0.4, -0.2) is 101 Å². The van der Waals surface area contributed by atoms with Gasteiger partial charge in [-0.3, -0.25) is 14.5 Å². The largest absolute Gasteiger partial charge is 0.573 e. The molecule has 2 aliphatic heterocycles. The monoisotopic (exact) mass is 834 g/mol. The molecule has 6 rings (SSSR count). The number of nitrogens with zero attached hydrogens (tertiary/aromatic N) is 3. The van der Waals surface area contributed by atoms with Crippen LogP contribution in [0.15, 0.2) is 84.9 Å². The van der Waals surface area contributed by atoms with Crippen molar-refractivity contribution in [3.05, 3.63) is 107 Å². The molecule has 2 unspecified atom stereocenters. The van der Waals surface area contributed by atoms with Crippen LogP contribution in [0.3, 0.4) is 0 Å². The Bertz CT molecular complexity index is 1990. The van der Waals surface area contributed by atoms with Crippen molar-refractivity contribution in [2.75, 3.05) is 61.7 Å². The lowest BCUT2D eigenvalue weighted by Crippen LogP contribution is -2.50. The predicted octanol–water partition coefficient (Wildman–Crippen LogP) is 6.89. The van der Waals surface area contributed by atoms with Gasteiger partial charge >= 0.3 is 12.7 Å². The van der Waals surface area contributed by atoms with Crippen LogP contribution in [0.5, 0.6) is 34.5 Å². The minimum atomic E-state index is -4.75. The first-order valence-electron chi connectivity index (χ1n) is 18.1. The molecule has 2 atom stereocenters. The lowest BCUT2D eigenvalue weighted by atomic mass is 9.99. The van der Waals surface area contributed by atoms with Gasteiger partial charge in [0.2, 0.25) is 11.8 Å². The number of benzene rings is 4. The summed E-state index contributed by atoms with van der Waals surface area (Å²) >= 11 is 0. The van der Waals surface area contributed by atoms with Crippen molar-refractivity contribution < 1.29 is 64.4 Å². The highest BCUT2D eigenvalue weighted by atomic mass is 19.4. The first kappa shape index (κ1) is 44.2. The van der Waals surface area contributed by atoms with Gasteiger partial charge in [-0.2, -0.15) is 0 Å². The normalized spacial score (nSPS) is 17.5. The third kappa shape index (κ3) is 11.6. The van der Waals surface area contributed by atoms with Crippen LogP contribution in [0.4, 0.5) is 26.3 Å². The first-order chi connectivity index (χ1) is 28.0. The van der Waals surface area contributed by atoms with Gasteiger partial charge < -0.3 is 43.5 Å². The number of amides is 2. The molecule has 318 valence electrons. The molecule has 4 aromatic rings. The third-order valence-electron chi connectivity index (χ3n) is 9.51. The summed E-state index contributed by atoms with van der Waals surface area (Å²) in [6.07, 6.45) is -9.50. The van der Waals surface area contributed by atoms with Gasteiger partial charge in [-0.15, -0.1) is 26.3 Å². The number of hydrogen-bond donors (Lipinski definition) is 1. The van der Waals surface area contributed by atoms with E-state index in [-0.39, 0.29) is 61.6 Å². The molecule has 2 amide bonds. The lowest BCUT2D eigenvalue weighted by molar-refractivity contribution is -0.275. The molecule has 2 heterocycles. The Morgan fingerprint density at radius 2 is 0.983 bits per heavy atom. The number of carbonyl (C=O) groups is 2. The topological polar surface area (TPSA) is 111 Å². The number of ether oxygens (including phenoxy) is 6. The number of rotatable bonds is 12. The molecule has 18 heteroatoms. The Labute approximate surface area is 337 Å². The van der Waals surface area contributed by atoms with Crippen LogP contribution in [0.2, 0.25) is 0 Å². The maximum atomic E-state index is 12.9. The lowest BCUT2D eigenvalue weighted by Gasteiger charge is -2.40. The summed E-state index contributed by atoms with van der Waals surface area (Å²) in [5, 5.41) is 3.09. The zero-order valence-electron chi connectivity index (χ0n) is 32.9. The molecule has 0 bridgehead atoms. The Balaban J connectivity index is 0.000000224. The zero-order valence-corrected chi connectivity index (χ0v) is 32.9. The van der Waals surface area contributed by atoms with Gasteiger partial charge in [0, 0.05) is 26.2 Å². The smallest absolute Gasteiger partial charge is 0.496 e. The van der Waals surface area contributed by atoms with Crippen molar-refractivity contribution in [1.82, 2.24) is 20.0 Å². The maximum absolute atomic E-state index is 12.9. The number of methoxy groups -OCH3 is 4. The molecule has 59 heavy (non-hydrogen) atoms. The Kier molecular flexibility index (Phi) is 14.4. The average Bonchev–Trinajstić information content (AvgIpc) is 3.19. The van der Waals surface area contributed by atoms with Crippen molar-refractivity contribution in [2.45, 2.75) is 37.9 Å². The van der Waals surface area contributed by atoms with Gasteiger partial charge in [-0.25, -0.2) is 0 Å². The van der Waals surface area contributed by atoms with Crippen molar-refractivity contribution in [3.63, 3.8) is 0 Å². The van der Waals surface area contributed by atoms with Gasteiger partial charge in [0.1, 0.15) is 34.5 Å². The second-order valence-electron chi connectivity index (χ2n) is 13.4. The summed E-state index contributed by atoms with van der Waals surface area (Å²) in [5.74, 6) is 1.52. The standard InChI is InChI=1S/C21H23F3N2O4.C20H21F3N2O4/c1-25-12-16(20-17(28-2)5-4-6-18(20)29-3)26(19(27)13-25)11-14-7-9-15(10-8-14)30-21(22,23)24;1-27-16-4-3-5-17(28-2)19(16)15-10-24-11-18(26)25(15)12-13-6-8-14(9-7-13)29-20(21,22)23/h4-10,16H,11-13H2,1-3H3;3-9,15,24H,10-12H2,1-2H3. The van der Waals surface area contributed by atoms with E-state index in [0.717, 1.165) is 11.1 Å². The van der Waals surface area contributed by atoms with Gasteiger partial charge in [0.15, 0.2) is 0 Å². The zero-order chi connectivity index (χ0) is 42.9. The number of alkyl halides is 6. The van der Waals surface area contributed by atoms with Crippen molar-refractivity contribution in [1.29, 1.82) is 0 Å². The van der Waals surface area contributed by atoms with E-state index in [0.29, 0.717) is 47.2 Å². The van der Waals surface area contributed by atoms with E-state index in [1.807, 2.05) is 11.9 Å². The number of carbonyl (C=O) groups excluding carboxylic acids is 2. The summed E-state index contributed by atoms with van der Waals surface area (Å²) in [4.78, 5) is 30.8. The first-order valence-corrected chi connectivity index (χ1v) is 18.1. The molecule has 4 aromatic carbocycles. The minimum absolute atomic E-state index is 0.0997. The molecule has 2 aliphatic rings. The fourth-order valence-electron chi connectivity index (χ4n) is 6.96. The van der Waals surface area contributed by atoms with Gasteiger partial charge in [0.05, 0.1) is 64.7 Å². The van der Waals surface area contributed by atoms with Crippen molar-refractivity contribution in [3.8, 4) is 34.5 Å². The summed E-state index contributed by atoms with van der Waals surface area (Å²) in [6, 6.07) is 21.1. The Morgan fingerprint density at radius 1 is 0.593 bits per heavy atom. The van der Waals surface area contributed by atoms with Crippen LogP contribution in [0, 0.1) is 0 Å². The number of halogens is 6. The van der Waals surface area contributed by atoms with E-state index >= 15 is 0 Å². The summed E-state index contributed by atoms with van der Waals surface area (Å²) in [7, 11) is 8.04. The molecule has 2 fully saturated rings. The van der Waals surface area contributed by atoms with E-state index in [9.17, 15) is 35.9 Å². The van der Waals surface area contributed by atoms with Gasteiger partial charge in [-0.05, 0) is 66.7 Å². The fourth-order valence-corrected chi connectivity index (χ4v) is 6.96. The van der Waals surface area contributed by atoms with Gasteiger partial charge in [0.25, 0.3) is 0 Å². The molecule has 2 saturated heterocycles. The molecule has 12 nitrogen and oxygen atoms in total. The molecule has 0 aromatic heterocycles. The van der Waals surface area contributed by atoms with Gasteiger partial charge in [-0.1, -0.05) is 36.4 Å². The number of nitrogens with one attached hydrogen (secondary N) is 1. The second-order valence-corrected chi connectivity index (χ2v) is 13.4. The Hall–Kier alpha value is -5.88. The highest BCUT2D eigenvalue weighted by Crippen LogP contribution is 2.41. The van der Waals surface area contributed by atoms with E-state index in [1.165, 1.54) is 48.5 Å². The second kappa shape index (κ2) is 19.2. The molecule has 0 saturated carbocycles. The highest BCUT2D eigenvalue weighted by Gasteiger charge is 2.37. The van der Waals surface area contributed by atoms with E-state index in [4.69, 9.17) is 18.9 Å². The number of likely N-dealkylation sites (N-methyl/N-ethyl adjacent to an activating group) is 1. The fraction of sp³-hybridized carbons (Fsp3) is 0.366. The van der Waals surface area contributed by atoms with Crippen LogP contribution >= 0.6 is 0 Å². The van der Waals surface area contributed by atoms with Crippen LogP contribution in [0.1, 0.15) is 34.3 Å². The molecule has 0 radical (unpaired) electrons. The van der Waals surface area contributed by atoms with Crippen molar-refractivity contribution >= 4 is 11.8 Å². The molecular formula is C41H44F6N4O8. The molecule has 0 spiro atoms. The highest BCUT2D eigenvalue weighted by molar-refractivity contribution is 5.80. The van der Waals surface area contributed by atoms with Crippen LogP contribution < -0.4 is 33.7 Å². The number of piperazine rings is 2. The number of hydrogen-bond acceptors (Lipinski definition) is 10. The quantitative estimate of drug-likeness (QED) is 0.152. The van der Waals surface area contributed by atoms with Crippen molar-refractivity contribution in [2.24, 2.45) is 0 Å². The van der Waals surface area contributed by atoms with E-state index in [1.54, 1.807) is 74.6 Å². The summed E-state index contributed by atoms with van der Waals surface area (Å²) < 4.78 is 104.